The van der Waals surface area contributed by atoms with Gasteiger partial charge in [0.15, 0.2) is 0 Å². The highest BCUT2D eigenvalue weighted by Crippen LogP contribution is 2.28. The molecule has 0 saturated carbocycles. The smallest absolute Gasteiger partial charge is 0.305 e. The second-order valence-electron chi connectivity index (χ2n) is 3.72. The highest BCUT2D eigenvalue weighted by molar-refractivity contribution is 5.46. The number of hydrogen-bond donors (Lipinski definition) is 0. The van der Waals surface area contributed by atoms with E-state index in [0.29, 0.717) is 0 Å². The van der Waals surface area contributed by atoms with Crippen LogP contribution in [0.5, 0.6) is 11.5 Å². The number of benzene rings is 2. The van der Waals surface area contributed by atoms with Crippen molar-refractivity contribution in [3.63, 3.8) is 0 Å². The van der Waals surface area contributed by atoms with E-state index < -0.39 is 22.2 Å². The van der Waals surface area contributed by atoms with Gasteiger partial charge in [0, 0.05) is 12.1 Å². The maximum atomic E-state index is 13.4. The van der Waals surface area contributed by atoms with Crippen LogP contribution >= 0.6 is 0 Å². The Bertz CT molecular complexity index is 726. The third-order valence-electron chi connectivity index (χ3n) is 2.41. The van der Waals surface area contributed by atoms with Gasteiger partial charge >= 0.3 is 5.69 Å². The molecule has 5 nitrogen and oxygen atoms in total. The molecule has 0 radical (unpaired) electrons. The van der Waals surface area contributed by atoms with Crippen LogP contribution in [0, 0.1) is 33.1 Å². The molecule has 0 atom stereocenters. The molecular formula is C13H6F2N2O3. The first-order chi connectivity index (χ1) is 9.51. The Hall–Kier alpha value is -3.01. The minimum Gasteiger partial charge on any atom is -0.456 e. The molecule has 0 saturated heterocycles. The number of nitro benzene ring substituents is 1. The Morgan fingerprint density at radius 3 is 2.55 bits per heavy atom. The number of hydrogen-bond acceptors (Lipinski definition) is 4. The topological polar surface area (TPSA) is 76.2 Å². The second-order valence-corrected chi connectivity index (χ2v) is 3.72. The van der Waals surface area contributed by atoms with E-state index in [2.05, 4.69) is 0 Å². The molecule has 0 N–H and O–H groups in total. The van der Waals surface area contributed by atoms with Crippen molar-refractivity contribution in [2.75, 3.05) is 0 Å². The molecule has 0 spiro atoms. The van der Waals surface area contributed by atoms with Crippen molar-refractivity contribution in [1.29, 1.82) is 5.26 Å². The van der Waals surface area contributed by atoms with E-state index in [9.17, 15) is 18.9 Å². The van der Waals surface area contributed by atoms with Crippen molar-refractivity contribution < 1.29 is 18.4 Å². The predicted octanol–water partition coefficient (Wildman–Crippen LogP) is 3.54. The number of ether oxygens (including phenoxy) is 1. The molecule has 0 unspecified atom stereocenters. The van der Waals surface area contributed by atoms with Gasteiger partial charge in [-0.2, -0.15) is 9.65 Å². The maximum Gasteiger partial charge on any atom is 0.305 e. The summed E-state index contributed by atoms with van der Waals surface area (Å²) in [6, 6.07) is 7.95. The number of rotatable bonds is 3. The van der Waals surface area contributed by atoms with Gasteiger partial charge in [0.1, 0.15) is 23.4 Å². The lowest BCUT2D eigenvalue weighted by Gasteiger charge is -2.07. The van der Waals surface area contributed by atoms with Crippen molar-refractivity contribution in [2.45, 2.75) is 0 Å². The van der Waals surface area contributed by atoms with E-state index in [4.69, 9.17) is 10.00 Å². The number of nitriles is 1. The highest BCUT2D eigenvalue weighted by Gasteiger charge is 2.15. The average molecular weight is 276 g/mol. The Balaban J connectivity index is 2.34. The van der Waals surface area contributed by atoms with Gasteiger partial charge in [0.2, 0.25) is 5.82 Å². The fourth-order valence-electron chi connectivity index (χ4n) is 1.50. The molecular weight excluding hydrogens is 270 g/mol. The summed E-state index contributed by atoms with van der Waals surface area (Å²) in [4.78, 5) is 9.61. The molecule has 0 fully saturated rings. The normalized spacial score (nSPS) is 9.85. The minimum atomic E-state index is -1.06. The van der Waals surface area contributed by atoms with Crippen LogP contribution in [0.25, 0.3) is 0 Å². The Morgan fingerprint density at radius 1 is 1.20 bits per heavy atom. The Labute approximate surface area is 111 Å². The van der Waals surface area contributed by atoms with Gasteiger partial charge in [-0.3, -0.25) is 10.1 Å². The van der Waals surface area contributed by atoms with Crippen LogP contribution in [0.3, 0.4) is 0 Å². The standard InChI is InChI=1S/C13H6F2N2O3/c14-9-1-4-13(8(5-9)7-16)20-10-2-3-12(17(18)19)11(15)6-10/h1-6H. The van der Waals surface area contributed by atoms with Gasteiger partial charge in [0.25, 0.3) is 0 Å². The van der Waals surface area contributed by atoms with Crippen LogP contribution in [0.4, 0.5) is 14.5 Å². The molecule has 0 heterocycles. The zero-order valence-electron chi connectivity index (χ0n) is 9.84. The van der Waals surface area contributed by atoms with Crippen molar-refractivity contribution in [3.05, 3.63) is 63.7 Å². The summed E-state index contributed by atoms with van der Waals surface area (Å²) in [6.45, 7) is 0. The molecule has 20 heavy (non-hydrogen) atoms. The van der Waals surface area contributed by atoms with Crippen LogP contribution in [0.15, 0.2) is 36.4 Å². The van der Waals surface area contributed by atoms with Gasteiger partial charge in [-0.25, -0.2) is 4.39 Å². The van der Waals surface area contributed by atoms with Crippen LogP contribution in [-0.4, -0.2) is 4.92 Å². The maximum absolute atomic E-state index is 13.4. The summed E-state index contributed by atoms with van der Waals surface area (Å²) in [5.41, 5.74) is -0.749. The molecule has 0 aliphatic heterocycles. The van der Waals surface area contributed by atoms with E-state index in [1.54, 1.807) is 6.07 Å². The fraction of sp³-hybridized carbons (Fsp3) is 0. The van der Waals surface area contributed by atoms with E-state index in [-0.39, 0.29) is 17.1 Å². The summed E-state index contributed by atoms with van der Waals surface area (Å²) in [5, 5.41) is 19.3. The summed E-state index contributed by atoms with van der Waals surface area (Å²) < 4.78 is 31.6. The molecule has 0 bridgehead atoms. The van der Waals surface area contributed by atoms with Gasteiger partial charge < -0.3 is 4.74 Å². The Kier molecular flexibility index (Phi) is 3.57. The lowest BCUT2D eigenvalue weighted by Crippen LogP contribution is -1.94. The number of nitrogens with zero attached hydrogens (tertiary/aromatic N) is 2. The molecule has 100 valence electrons. The van der Waals surface area contributed by atoms with Crippen molar-refractivity contribution >= 4 is 5.69 Å². The molecule has 0 aromatic heterocycles. The number of halogens is 2. The molecule has 0 aliphatic carbocycles. The highest BCUT2D eigenvalue weighted by atomic mass is 19.1. The Morgan fingerprint density at radius 2 is 1.95 bits per heavy atom. The second kappa shape index (κ2) is 5.32. The summed E-state index contributed by atoms with van der Waals surface area (Å²) in [7, 11) is 0. The van der Waals surface area contributed by atoms with Gasteiger partial charge in [-0.1, -0.05) is 0 Å². The van der Waals surface area contributed by atoms with Gasteiger partial charge in [-0.05, 0) is 24.3 Å². The molecule has 7 heteroatoms. The fourth-order valence-corrected chi connectivity index (χ4v) is 1.50. The molecule has 2 aromatic rings. The van der Waals surface area contributed by atoms with Crippen LogP contribution in [0.2, 0.25) is 0 Å². The first-order valence-electron chi connectivity index (χ1n) is 5.32. The van der Waals surface area contributed by atoms with Crippen LogP contribution in [0.1, 0.15) is 5.56 Å². The SMILES string of the molecule is N#Cc1cc(F)ccc1Oc1ccc([N+](=O)[O-])c(F)c1. The summed E-state index contributed by atoms with van der Waals surface area (Å²) in [6.07, 6.45) is 0. The largest absolute Gasteiger partial charge is 0.456 e. The molecule has 2 aromatic carbocycles. The van der Waals surface area contributed by atoms with Crippen molar-refractivity contribution in [1.82, 2.24) is 0 Å². The monoisotopic (exact) mass is 276 g/mol. The predicted molar refractivity (Wildman–Crippen MR) is 64.2 cm³/mol. The van der Waals surface area contributed by atoms with Gasteiger partial charge in [-0.15, -0.1) is 0 Å². The van der Waals surface area contributed by atoms with E-state index >= 15 is 0 Å². The molecule has 2 rings (SSSR count). The first-order valence-corrected chi connectivity index (χ1v) is 5.32. The lowest BCUT2D eigenvalue weighted by atomic mass is 10.2. The quantitative estimate of drug-likeness (QED) is 0.634. The van der Waals surface area contributed by atoms with E-state index in [0.717, 1.165) is 24.3 Å². The van der Waals surface area contributed by atoms with Gasteiger partial charge in [0.05, 0.1) is 10.5 Å². The first kappa shape index (κ1) is 13.4. The van der Waals surface area contributed by atoms with E-state index in [1.807, 2.05) is 0 Å². The third-order valence-corrected chi connectivity index (χ3v) is 2.41. The summed E-state index contributed by atoms with van der Waals surface area (Å²) >= 11 is 0. The zero-order chi connectivity index (χ0) is 14.7. The summed E-state index contributed by atoms with van der Waals surface area (Å²) in [5.74, 6) is -1.67. The van der Waals surface area contributed by atoms with E-state index in [1.165, 1.54) is 12.1 Å². The number of nitro groups is 1. The molecule has 0 amide bonds. The molecule has 0 aliphatic rings. The lowest BCUT2D eigenvalue weighted by molar-refractivity contribution is -0.387. The van der Waals surface area contributed by atoms with Crippen molar-refractivity contribution in [3.8, 4) is 17.6 Å². The zero-order valence-corrected chi connectivity index (χ0v) is 9.84. The van der Waals surface area contributed by atoms with Crippen LogP contribution < -0.4 is 4.74 Å². The van der Waals surface area contributed by atoms with Crippen molar-refractivity contribution in [2.24, 2.45) is 0 Å². The van der Waals surface area contributed by atoms with Crippen LogP contribution in [-0.2, 0) is 0 Å². The minimum absolute atomic E-state index is 0.0298. The average Bonchev–Trinajstić information content (AvgIpc) is 2.40. The third kappa shape index (κ3) is 2.70.